The van der Waals surface area contributed by atoms with Crippen LogP contribution in [0.5, 0.6) is 11.5 Å². The molecule has 4 atom stereocenters. The summed E-state index contributed by atoms with van der Waals surface area (Å²) in [5.41, 5.74) is 1.94. The predicted molar refractivity (Wildman–Crippen MR) is 196 cm³/mol. The molecule has 17 nitrogen and oxygen atoms in total. The minimum Gasteiger partial charge on any atom is -0.508 e. The Labute approximate surface area is 304 Å². The zero-order valence-electron chi connectivity index (χ0n) is 27.9. The first-order chi connectivity index (χ1) is 26.2. The third kappa shape index (κ3) is 5.94. The number of rotatable bonds is 10. The van der Waals surface area contributed by atoms with Crippen molar-refractivity contribution in [3.8, 4) is 34.0 Å². The summed E-state index contributed by atoms with van der Waals surface area (Å²) in [7, 11) is 0. The van der Waals surface area contributed by atoms with Gasteiger partial charge in [-0.3, -0.25) is 35.2 Å². The lowest BCUT2D eigenvalue weighted by molar-refractivity contribution is -0.505. The predicted octanol–water partition coefficient (Wildman–Crippen LogP) is 5.27. The van der Waals surface area contributed by atoms with Gasteiger partial charge in [-0.15, -0.1) is 0 Å². The summed E-state index contributed by atoms with van der Waals surface area (Å²) >= 11 is 0. The molecular weight excluding hydrogens is 696 g/mol. The van der Waals surface area contributed by atoms with Gasteiger partial charge >= 0.3 is 0 Å². The van der Waals surface area contributed by atoms with E-state index in [0.29, 0.717) is 22.5 Å². The number of hydrogen-bond acceptors (Lipinski definition) is 13. The molecule has 54 heavy (non-hydrogen) atoms. The maximum atomic E-state index is 14.7. The fraction of sp³-hybridized carbons (Fsp3) is 0.108. The normalized spacial score (nSPS) is 19.4. The molecule has 0 fully saturated rings. The zero-order chi connectivity index (χ0) is 37.5. The number of H-pyrrole nitrogens is 2. The maximum absolute atomic E-state index is 14.7. The smallest absolute Gasteiger partial charge is 0.286 e. The van der Waals surface area contributed by atoms with Crippen LogP contribution in [0, 0.1) is 20.2 Å². The Morgan fingerprint density at radius 3 is 1.31 bits per heavy atom. The number of ketones is 1. The molecule has 0 spiro atoms. The van der Waals surface area contributed by atoms with Gasteiger partial charge in [-0.1, -0.05) is 84.9 Å². The van der Waals surface area contributed by atoms with E-state index in [9.17, 15) is 35.2 Å². The number of benzene rings is 4. The average molecular weight is 725 g/mol. The molecular formula is C37H28N10O7. The fourth-order valence-electron chi connectivity index (χ4n) is 6.73. The van der Waals surface area contributed by atoms with Gasteiger partial charge in [0.15, 0.2) is 23.5 Å². The summed E-state index contributed by atoms with van der Waals surface area (Å²) < 4.78 is 0. The van der Waals surface area contributed by atoms with Crippen LogP contribution in [0.3, 0.4) is 0 Å². The SMILES string of the molecule is O=C(C1=NN(c2cc(-c3ccccc3)n[nH]2)C(c2ccc(O)cc2)C1[N+](=O)[O-])C1=NN(c2cc(-c3ccccc3)n[nH]2)C(c2ccc(O)cc2)C1[N+](=O)[O-]. The lowest BCUT2D eigenvalue weighted by atomic mass is 9.90. The number of aromatic amines is 2. The number of anilines is 2. The Kier molecular flexibility index (Phi) is 8.34. The maximum Gasteiger partial charge on any atom is 0.286 e. The molecule has 0 aliphatic carbocycles. The van der Waals surface area contributed by atoms with Crippen LogP contribution in [0.15, 0.2) is 132 Å². The third-order valence-corrected chi connectivity index (χ3v) is 9.27. The zero-order valence-corrected chi connectivity index (χ0v) is 27.9. The van der Waals surface area contributed by atoms with Crippen molar-refractivity contribution in [1.29, 1.82) is 0 Å². The van der Waals surface area contributed by atoms with E-state index < -0.39 is 51.2 Å². The minimum atomic E-state index is -1.83. The van der Waals surface area contributed by atoms with Gasteiger partial charge in [0.25, 0.3) is 12.1 Å². The van der Waals surface area contributed by atoms with Gasteiger partial charge in [0, 0.05) is 33.1 Å². The van der Waals surface area contributed by atoms with Crippen molar-refractivity contribution in [1.82, 2.24) is 20.4 Å². The highest BCUT2D eigenvalue weighted by Crippen LogP contribution is 2.41. The van der Waals surface area contributed by atoms with E-state index >= 15 is 0 Å². The average Bonchev–Trinajstić information content (AvgIpc) is 4.00. The van der Waals surface area contributed by atoms with Gasteiger partial charge in [0.05, 0.1) is 11.4 Å². The molecule has 4 unspecified atom stereocenters. The molecule has 2 aliphatic rings. The number of phenols is 2. The van der Waals surface area contributed by atoms with Crippen LogP contribution >= 0.6 is 0 Å². The van der Waals surface area contributed by atoms with Crippen LogP contribution in [0.1, 0.15) is 23.2 Å². The van der Waals surface area contributed by atoms with Crippen molar-refractivity contribution in [3.05, 3.63) is 153 Å². The van der Waals surface area contributed by atoms with Gasteiger partial charge in [0.2, 0.25) is 5.78 Å². The molecule has 4 heterocycles. The van der Waals surface area contributed by atoms with Gasteiger partial charge in [-0.05, 0) is 35.4 Å². The van der Waals surface area contributed by atoms with E-state index in [0.717, 1.165) is 11.1 Å². The summed E-state index contributed by atoms with van der Waals surface area (Å²) in [5, 5.41) is 71.9. The molecule has 4 aromatic carbocycles. The minimum absolute atomic E-state index is 0.0881. The number of carbonyl (C=O) groups excluding carboxylic acids is 1. The summed E-state index contributed by atoms with van der Waals surface area (Å²) in [4.78, 5) is 39.3. The van der Waals surface area contributed by atoms with Crippen LogP contribution in [0.4, 0.5) is 11.6 Å². The quantitative estimate of drug-likeness (QED) is 0.105. The standard InChI is InChI=1S/C37H28N10O7/c48-25-15-11-23(12-16-25)33-35(46(51)52)31(42-44(33)29-19-27(38-40-29)21-7-3-1-4-8-21)37(50)32-36(47(53)54)34(24-13-17-26(49)18-14-24)45(43-32)30-20-28(39-41-30)22-9-5-2-6-10-22/h1-20,33-36,48-49H,(H,38,40)(H,39,41). The Morgan fingerprint density at radius 2 is 0.963 bits per heavy atom. The van der Waals surface area contributed by atoms with E-state index in [4.69, 9.17) is 0 Å². The number of nitrogens with one attached hydrogen (secondary N) is 2. The first-order valence-electron chi connectivity index (χ1n) is 16.5. The molecule has 2 aromatic heterocycles. The molecule has 0 saturated heterocycles. The first-order valence-corrected chi connectivity index (χ1v) is 16.5. The van der Waals surface area contributed by atoms with E-state index in [-0.39, 0.29) is 23.1 Å². The second kappa shape index (κ2) is 13.5. The van der Waals surface area contributed by atoms with Crippen molar-refractivity contribution >= 4 is 28.8 Å². The Morgan fingerprint density at radius 1 is 0.593 bits per heavy atom. The number of carbonyl (C=O) groups is 1. The van der Waals surface area contributed by atoms with Crippen molar-refractivity contribution in [2.75, 3.05) is 10.0 Å². The number of nitrogens with zero attached hydrogens (tertiary/aromatic N) is 8. The summed E-state index contributed by atoms with van der Waals surface area (Å²) in [5.74, 6) is -0.878. The molecule has 2 aliphatic heterocycles. The van der Waals surface area contributed by atoms with Gasteiger partial charge in [0.1, 0.15) is 23.1 Å². The molecule has 0 amide bonds. The van der Waals surface area contributed by atoms with Crippen LogP contribution in [0.25, 0.3) is 22.5 Å². The number of aromatic hydroxyl groups is 2. The van der Waals surface area contributed by atoms with Gasteiger partial charge in [-0.2, -0.15) is 20.4 Å². The molecule has 6 aromatic rings. The number of aromatic nitrogens is 4. The summed E-state index contributed by atoms with van der Waals surface area (Å²) in [6, 6.07) is 26.7. The molecule has 0 bridgehead atoms. The van der Waals surface area contributed by atoms with Crippen LogP contribution in [-0.4, -0.2) is 69.7 Å². The van der Waals surface area contributed by atoms with E-state index in [1.165, 1.54) is 58.5 Å². The molecule has 0 radical (unpaired) electrons. The Hall–Kier alpha value is -7.69. The molecule has 268 valence electrons. The molecule has 8 rings (SSSR count). The monoisotopic (exact) mass is 724 g/mol. The second-order valence-electron chi connectivity index (χ2n) is 12.5. The number of hydrazone groups is 2. The first kappa shape index (κ1) is 33.5. The van der Waals surface area contributed by atoms with Gasteiger partial charge in [-0.25, -0.2) is 10.0 Å². The van der Waals surface area contributed by atoms with Crippen LogP contribution < -0.4 is 10.0 Å². The van der Waals surface area contributed by atoms with Crippen LogP contribution in [-0.2, 0) is 4.79 Å². The highest BCUT2D eigenvalue weighted by Gasteiger charge is 2.57. The van der Waals surface area contributed by atoms with Gasteiger partial charge < -0.3 is 10.2 Å². The number of hydrogen-bond donors (Lipinski definition) is 4. The number of Topliss-reactive ketones (excluding diaryl/α,β-unsaturated/α-hetero) is 1. The van der Waals surface area contributed by atoms with Crippen molar-refractivity contribution in [3.63, 3.8) is 0 Å². The fourth-order valence-corrected chi connectivity index (χ4v) is 6.73. The molecule has 17 heteroatoms. The third-order valence-electron chi connectivity index (χ3n) is 9.27. The van der Waals surface area contributed by atoms with E-state index in [1.807, 2.05) is 60.7 Å². The lowest BCUT2D eigenvalue weighted by Crippen LogP contribution is -2.45. The van der Waals surface area contributed by atoms with E-state index in [1.54, 1.807) is 12.1 Å². The topological polar surface area (TPSA) is 232 Å². The summed E-state index contributed by atoms with van der Waals surface area (Å²) in [6.07, 6.45) is 0. The van der Waals surface area contributed by atoms with Crippen LogP contribution in [0.2, 0.25) is 0 Å². The highest BCUT2D eigenvalue weighted by atomic mass is 16.6. The van der Waals surface area contributed by atoms with Crippen molar-refractivity contribution in [2.24, 2.45) is 10.2 Å². The number of nitro groups is 2. The van der Waals surface area contributed by atoms with E-state index in [2.05, 4.69) is 30.6 Å². The highest BCUT2D eigenvalue weighted by molar-refractivity contribution is 6.68. The Bertz CT molecular complexity index is 2260. The lowest BCUT2D eigenvalue weighted by Gasteiger charge is -2.23. The molecule has 0 saturated carbocycles. The summed E-state index contributed by atoms with van der Waals surface area (Å²) in [6.45, 7) is 0. The second-order valence-corrected chi connectivity index (χ2v) is 12.5. The molecule has 4 N–H and O–H groups in total. The largest absolute Gasteiger partial charge is 0.508 e. The van der Waals surface area contributed by atoms with Crippen molar-refractivity contribution < 1.29 is 24.9 Å². The Balaban J connectivity index is 1.25. The van der Waals surface area contributed by atoms with Crippen molar-refractivity contribution in [2.45, 2.75) is 24.2 Å². The number of phenolic OH excluding ortho intramolecular Hbond substituents is 2.